The largest absolute Gasteiger partial charge is 0.348 e. The van der Waals surface area contributed by atoms with E-state index in [-0.39, 0.29) is 17.2 Å². The van der Waals surface area contributed by atoms with Crippen LogP contribution in [0.3, 0.4) is 0 Å². The molecule has 30 heavy (non-hydrogen) atoms. The van der Waals surface area contributed by atoms with E-state index >= 15 is 0 Å². The second kappa shape index (κ2) is 9.04. The first-order valence-electron chi connectivity index (χ1n) is 10.6. The smallest absolute Gasteiger partial charge is 0.233 e. The third kappa shape index (κ3) is 4.15. The van der Waals surface area contributed by atoms with Crippen molar-refractivity contribution < 1.29 is 4.79 Å². The van der Waals surface area contributed by atoms with E-state index in [9.17, 15) is 4.79 Å². The second-order valence-corrected chi connectivity index (χ2v) is 9.09. The Kier molecular flexibility index (Phi) is 6.23. The highest BCUT2D eigenvalue weighted by atomic mass is 32.2. The number of rotatable bonds is 6. The topological polar surface area (TPSA) is 59.8 Å². The number of thioether (sulfide) groups is 1. The van der Waals surface area contributed by atoms with Crippen molar-refractivity contribution in [2.45, 2.75) is 63.0 Å². The van der Waals surface area contributed by atoms with Gasteiger partial charge in [-0.25, -0.2) is 0 Å². The van der Waals surface area contributed by atoms with Crippen molar-refractivity contribution in [3.8, 4) is 11.4 Å². The Bertz CT molecular complexity index is 1050. The molecule has 2 atom stereocenters. The molecular weight excluding hydrogens is 392 g/mol. The molecule has 0 aliphatic heterocycles. The number of aryl methyl sites for hydroxylation is 2. The van der Waals surface area contributed by atoms with Crippen molar-refractivity contribution in [2.24, 2.45) is 0 Å². The Labute approximate surface area is 182 Å². The lowest BCUT2D eigenvalue weighted by molar-refractivity contribution is -0.121. The van der Waals surface area contributed by atoms with Crippen LogP contribution in [0.4, 0.5) is 0 Å². The van der Waals surface area contributed by atoms with E-state index in [2.05, 4.69) is 70.3 Å². The van der Waals surface area contributed by atoms with Gasteiger partial charge in [0.05, 0.1) is 11.3 Å². The Hall–Kier alpha value is -2.60. The molecule has 3 aromatic rings. The SMILES string of the molecule is CCn1c(S[C@@H](C)C(=O)N[C@@H]2CCCc3ccccc32)nnc1-c1ccccc1C. The van der Waals surface area contributed by atoms with Crippen LogP contribution in [0.25, 0.3) is 11.4 Å². The van der Waals surface area contributed by atoms with E-state index in [1.807, 2.05) is 19.1 Å². The van der Waals surface area contributed by atoms with Gasteiger partial charge in [-0.3, -0.25) is 4.79 Å². The molecule has 0 saturated heterocycles. The van der Waals surface area contributed by atoms with Crippen LogP contribution in [0.5, 0.6) is 0 Å². The predicted octanol–water partition coefficient (Wildman–Crippen LogP) is 4.95. The molecule has 0 spiro atoms. The Morgan fingerprint density at radius 2 is 1.97 bits per heavy atom. The summed E-state index contributed by atoms with van der Waals surface area (Å²) >= 11 is 1.47. The molecule has 1 N–H and O–H groups in total. The molecule has 2 aromatic carbocycles. The first-order chi connectivity index (χ1) is 14.6. The average Bonchev–Trinajstić information content (AvgIpc) is 3.16. The van der Waals surface area contributed by atoms with Gasteiger partial charge in [0.2, 0.25) is 5.91 Å². The summed E-state index contributed by atoms with van der Waals surface area (Å²) in [4.78, 5) is 13.0. The molecule has 6 heteroatoms. The van der Waals surface area contributed by atoms with Gasteiger partial charge in [-0.2, -0.15) is 0 Å². The third-order valence-corrected chi connectivity index (χ3v) is 6.84. The summed E-state index contributed by atoms with van der Waals surface area (Å²) in [5.41, 5.74) is 4.85. The molecule has 0 radical (unpaired) electrons. The Balaban J connectivity index is 1.49. The Morgan fingerprint density at radius 1 is 1.20 bits per heavy atom. The molecule has 0 unspecified atom stereocenters. The molecule has 4 rings (SSSR count). The standard InChI is InChI=1S/C24H28N4OS/c1-4-28-22(19-13-7-5-10-16(19)2)26-27-24(28)30-17(3)23(29)25-21-15-9-12-18-11-6-8-14-20(18)21/h5-8,10-11,13-14,17,21H,4,9,12,15H2,1-3H3,(H,25,29)/t17-,21+/m0/s1. The maximum Gasteiger partial charge on any atom is 0.233 e. The van der Waals surface area contributed by atoms with E-state index in [0.717, 1.165) is 47.9 Å². The van der Waals surface area contributed by atoms with Gasteiger partial charge in [-0.15, -0.1) is 10.2 Å². The van der Waals surface area contributed by atoms with Crippen LogP contribution in [-0.2, 0) is 17.8 Å². The molecule has 156 valence electrons. The van der Waals surface area contributed by atoms with Gasteiger partial charge >= 0.3 is 0 Å². The molecule has 0 fully saturated rings. The molecule has 1 aliphatic carbocycles. The van der Waals surface area contributed by atoms with Crippen molar-refractivity contribution in [1.82, 2.24) is 20.1 Å². The molecule has 0 saturated carbocycles. The first-order valence-corrected chi connectivity index (χ1v) is 11.5. The monoisotopic (exact) mass is 420 g/mol. The summed E-state index contributed by atoms with van der Waals surface area (Å²) < 4.78 is 2.09. The predicted molar refractivity (Wildman–Crippen MR) is 121 cm³/mol. The van der Waals surface area contributed by atoms with Gasteiger partial charge in [-0.05, 0) is 56.7 Å². The lowest BCUT2D eigenvalue weighted by atomic mass is 9.88. The highest BCUT2D eigenvalue weighted by Crippen LogP contribution is 2.31. The number of nitrogens with one attached hydrogen (secondary N) is 1. The summed E-state index contributed by atoms with van der Waals surface area (Å²) in [6.45, 7) is 6.86. The average molecular weight is 421 g/mol. The number of fused-ring (bicyclic) bond motifs is 1. The summed E-state index contributed by atoms with van der Waals surface area (Å²) in [5, 5.41) is 12.6. The second-order valence-electron chi connectivity index (χ2n) is 7.78. The number of hydrogen-bond acceptors (Lipinski definition) is 4. The minimum Gasteiger partial charge on any atom is -0.348 e. The third-order valence-electron chi connectivity index (χ3n) is 5.76. The number of benzene rings is 2. The molecule has 1 amide bonds. The highest BCUT2D eigenvalue weighted by molar-refractivity contribution is 8.00. The number of nitrogens with zero attached hydrogens (tertiary/aromatic N) is 3. The van der Waals surface area contributed by atoms with Crippen LogP contribution in [0.2, 0.25) is 0 Å². The lowest BCUT2D eigenvalue weighted by Crippen LogP contribution is -2.36. The molecule has 0 bridgehead atoms. The van der Waals surface area contributed by atoms with Gasteiger partial charge < -0.3 is 9.88 Å². The van der Waals surface area contributed by atoms with Gasteiger partial charge in [0.25, 0.3) is 0 Å². The molecule has 5 nitrogen and oxygen atoms in total. The summed E-state index contributed by atoms with van der Waals surface area (Å²) in [6, 6.07) is 16.7. The van der Waals surface area contributed by atoms with Crippen molar-refractivity contribution in [2.75, 3.05) is 0 Å². The maximum atomic E-state index is 13.0. The molecule has 1 aliphatic rings. The fourth-order valence-corrected chi connectivity index (χ4v) is 5.01. The van der Waals surface area contributed by atoms with Crippen LogP contribution < -0.4 is 5.32 Å². The van der Waals surface area contributed by atoms with Crippen molar-refractivity contribution >= 4 is 17.7 Å². The zero-order valence-corrected chi connectivity index (χ0v) is 18.6. The number of hydrogen-bond donors (Lipinski definition) is 1. The van der Waals surface area contributed by atoms with Crippen LogP contribution >= 0.6 is 11.8 Å². The number of carbonyl (C=O) groups excluding carboxylic acids is 1. The normalized spacial score (nSPS) is 16.7. The highest BCUT2D eigenvalue weighted by Gasteiger charge is 2.25. The summed E-state index contributed by atoms with van der Waals surface area (Å²) in [7, 11) is 0. The minimum absolute atomic E-state index is 0.0461. The molecule has 1 heterocycles. The zero-order valence-electron chi connectivity index (χ0n) is 17.8. The van der Waals surface area contributed by atoms with Crippen LogP contribution in [-0.4, -0.2) is 25.9 Å². The zero-order chi connectivity index (χ0) is 21.1. The maximum absolute atomic E-state index is 13.0. The minimum atomic E-state index is -0.252. The van der Waals surface area contributed by atoms with Crippen LogP contribution in [0.1, 0.15) is 49.4 Å². The fourth-order valence-electron chi connectivity index (χ4n) is 4.09. The molecular formula is C24H28N4OS. The Morgan fingerprint density at radius 3 is 2.77 bits per heavy atom. The first kappa shape index (κ1) is 20.7. The number of amides is 1. The van der Waals surface area contributed by atoms with Gasteiger partial charge in [0.15, 0.2) is 11.0 Å². The molecule has 1 aromatic heterocycles. The van der Waals surface area contributed by atoms with E-state index in [1.54, 1.807) is 0 Å². The number of carbonyl (C=O) groups is 1. The summed E-state index contributed by atoms with van der Waals surface area (Å²) in [6.07, 6.45) is 3.18. The van der Waals surface area contributed by atoms with Crippen molar-refractivity contribution in [3.05, 3.63) is 65.2 Å². The van der Waals surface area contributed by atoms with Crippen molar-refractivity contribution in [3.63, 3.8) is 0 Å². The number of aromatic nitrogens is 3. The van der Waals surface area contributed by atoms with E-state index in [1.165, 1.54) is 22.9 Å². The van der Waals surface area contributed by atoms with Gasteiger partial charge in [0.1, 0.15) is 0 Å². The fraction of sp³-hybridized carbons (Fsp3) is 0.375. The van der Waals surface area contributed by atoms with Gasteiger partial charge in [0, 0.05) is 12.1 Å². The quantitative estimate of drug-likeness (QED) is 0.573. The van der Waals surface area contributed by atoms with E-state index in [0.29, 0.717) is 0 Å². The van der Waals surface area contributed by atoms with Crippen LogP contribution in [0.15, 0.2) is 53.7 Å². The van der Waals surface area contributed by atoms with Crippen LogP contribution in [0, 0.1) is 6.92 Å². The van der Waals surface area contributed by atoms with E-state index in [4.69, 9.17) is 0 Å². The van der Waals surface area contributed by atoms with E-state index < -0.39 is 0 Å². The van der Waals surface area contributed by atoms with Crippen molar-refractivity contribution in [1.29, 1.82) is 0 Å². The lowest BCUT2D eigenvalue weighted by Gasteiger charge is -2.27. The summed E-state index contributed by atoms with van der Waals surface area (Å²) in [5.74, 6) is 0.900. The van der Waals surface area contributed by atoms with Gasteiger partial charge in [-0.1, -0.05) is 60.3 Å².